The number of rotatable bonds is 3. The monoisotopic (exact) mass is 241 g/mol. The lowest BCUT2D eigenvalue weighted by Gasteiger charge is -2.21. The molecule has 2 rings (SSSR count). The van der Waals surface area contributed by atoms with Gasteiger partial charge in [0.1, 0.15) is 5.82 Å². The van der Waals surface area contributed by atoms with Crippen molar-refractivity contribution in [3.05, 3.63) is 29.0 Å². The molecule has 1 aromatic rings. The largest absolute Gasteiger partial charge is 0.381 e. The van der Waals surface area contributed by atoms with Crippen LogP contribution in [0.1, 0.15) is 32.6 Å². The molecule has 0 radical (unpaired) electrons. The van der Waals surface area contributed by atoms with Crippen LogP contribution in [0.2, 0.25) is 5.02 Å². The molecule has 0 saturated heterocycles. The Morgan fingerprint density at radius 3 is 2.94 bits per heavy atom. The van der Waals surface area contributed by atoms with Crippen LogP contribution < -0.4 is 5.32 Å². The zero-order valence-electron chi connectivity index (χ0n) is 9.47. The minimum Gasteiger partial charge on any atom is -0.381 e. The Morgan fingerprint density at radius 2 is 2.25 bits per heavy atom. The molecule has 1 saturated carbocycles. The number of anilines is 1. The fraction of sp³-hybridized carbons (Fsp3) is 0.538. The fourth-order valence-corrected chi connectivity index (χ4v) is 2.74. The summed E-state index contributed by atoms with van der Waals surface area (Å²) < 4.78 is 12.9. The summed E-state index contributed by atoms with van der Waals surface area (Å²) >= 11 is 6.00. The molecule has 1 aliphatic carbocycles. The molecule has 1 aliphatic rings. The van der Waals surface area contributed by atoms with Gasteiger partial charge < -0.3 is 5.32 Å². The molecule has 1 fully saturated rings. The molecular formula is C13H17ClFN. The molecule has 0 aromatic heterocycles. The topological polar surface area (TPSA) is 12.0 Å². The van der Waals surface area contributed by atoms with Gasteiger partial charge in [0.15, 0.2) is 0 Å². The smallest absolute Gasteiger partial charge is 0.124 e. The predicted molar refractivity (Wildman–Crippen MR) is 66.5 cm³/mol. The van der Waals surface area contributed by atoms with E-state index in [9.17, 15) is 4.39 Å². The average Bonchev–Trinajstić information content (AvgIpc) is 2.69. The summed E-state index contributed by atoms with van der Waals surface area (Å²) in [5, 5.41) is 3.91. The van der Waals surface area contributed by atoms with E-state index in [4.69, 9.17) is 11.6 Å². The first-order valence-electron chi connectivity index (χ1n) is 5.92. The van der Waals surface area contributed by atoms with E-state index in [2.05, 4.69) is 12.2 Å². The van der Waals surface area contributed by atoms with E-state index in [0.29, 0.717) is 11.1 Å². The molecule has 2 unspecified atom stereocenters. The number of hydrogen-bond acceptors (Lipinski definition) is 1. The van der Waals surface area contributed by atoms with Gasteiger partial charge in [-0.2, -0.15) is 0 Å². The summed E-state index contributed by atoms with van der Waals surface area (Å²) in [6.07, 6.45) is 4.94. The zero-order chi connectivity index (χ0) is 11.5. The maximum atomic E-state index is 12.9. The van der Waals surface area contributed by atoms with Crippen LogP contribution in [0, 0.1) is 11.7 Å². The van der Waals surface area contributed by atoms with Crippen LogP contribution in [0.3, 0.4) is 0 Å². The van der Waals surface area contributed by atoms with Crippen molar-refractivity contribution in [2.75, 3.05) is 5.32 Å². The van der Waals surface area contributed by atoms with Crippen molar-refractivity contribution < 1.29 is 4.39 Å². The van der Waals surface area contributed by atoms with Crippen molar-refractivity contribution in [2.45, 2.75) is 38.6 Å². The van der Waals surface area contributed by atoms with Gasteiger partial charge in [-0.3, -0.25) is 0 Å². The standard InChI is InChI=1S/C13H17ClFN/c1-2-9-4-3-5-12(9)16-13-7-6-10(15)8-11(13)14/h6-9,12,16H,2-5H2,1H3. The highest BCUT2D eigenvalue weighted by Gasteiger charge is 2.25. The van der Waals surface area contributed by atoms with E-state index in [-0.39, 0.29) is 5.82 Å². The Kier molecular flexibility index (Phi) is 3.70. The van der Waals surface area contributed by atoms with E-state index in [0.717, 1.165) is 11.6 Å². The van der Waals surface area contributed by atoms with Crippen molar-refractivity contribution in [1.82, 2.24) is 0 Å². The van der Waals surface area contributed by atoms with Crippen LogP contribution in [-0.2, 0) is 0 Å². The van der Waals surface area contributed by atoms with Crippen LogP contribution in [-0.4, -0.2) is 6.04 Å². The Balaban J connectivity index is 2.08. The molecule has 0 aliphatic heterocycles. The molecule has 1 nitrogen and oxygen atoms in total. The van der Waals surface area contributed by atoms with Crippen molar-refractivity contribution in [1.29, 1.82) is 0 Å². The summed E-state index contributed by atoms with van der Waals surface area (Å²) in [6, 6.07) is 5.03. The van der Waals surface area contributed by atoms with Gasteiger partial charge in [0.05, 0.1) is 10.7 Å². The van der Waals surface area contributed by atoms with Crippen LogP contribution in [0.4, 0.5) is 10.1 Å². The Morgan fingerprint density at radius 1 is 1.44 bits per heavy atom. The van der Waals surface area contributed by atoms with Gasteiger partial charge in [0, 0.05) is 6.04 Å². The number of nitrogens with one attached hydrogen (secondary N) is 1. The van der Waals surface area contributed by atoms with Gasteiger partial charge in [0.25, 0.3) is 0 Å². The van der Waals surface area contributed by atoms with E-state index < -0.39 is 0 Å². The molecule has 3 heteroatoms. The van der Waals surface area contributed by atoms with Gasteiger partial charge in [-0.1, -0.05) is 31.4 Å². The molecule has 1 aromatic carbocycles. The number of halogens is 2. The minimum atomic E-state index is -0.283. The van der Waals surface area contributed by atoms with E-state index in [1.807, 2.05) is 0 Å². The van der Waals surface area contributed by atoms with Gasteiger partial charge >= 0.3 is 0 Å². The molecule has 0 amide bonds. The second kappa shape index (κ2) is 5.05. The van der Waals surface area contributed by atoms with Crippen molar-refractivity contribution in [2.24, 2.45) is 5.92 Å². The highest BCUT2D eigenvalue weighted by Crippen LogP contribution is 2.32. The summed E-state index contributed by atoms with van der Waals surface area (Å²) in [4.78, 5) is 0. The van der Waals surface area contributed by atoms with E-state index in [1.165, 1.54) is 37.8 Å². The third-order valence-electron chi connectivity index (χ3n) is 3.46. The van der Waals surface area contributed by atoms with Crippen LogP contribution in [0.5, 0.6) is 0 Å². The third-order valence-corrected chi connectivity index (χ3v) is 3.77. The van der Waals surface area contributed by atoms with Gasteiger partial charge in [-0.15, -0.1) is 0 Å². The lowest BCUT2D eigenvalue weighted by Crippen LogP contribution is -2.23. The maximum Gasteiger partial charge on any atom is 0.124 e. The van der Waals surface area contributed by atoms with Crippen molar-refractivity contribution >= 4 is 17.3 Å². The molecular weight excluding hydrogens is 225 g/mol. The third kappa shape index (κ3) is 2.49. The second-order valence-corrected chi connectivity index (χ2v) is 4.88. The van der Waals surface area contributed by atoms with Crippen LogP contribution in [0.25, 0.3) is 0 Å². The molecule has 0 spiro atoms. The molecule has 1 N–H and O–H groups in total. The lowest BCUT2D eigenvalue weighted by atomic mass is 10.0. The van der Waals surface area contributed by atoms with Crippen molar-refractivity contribution in [3.8, 4) is 0 Å². The van der Waals surface area contributed by atoms with Crippen LogP contribution in [0.15, 0.2) is 18.2 Å². The molecule has 0 bridgehead atoms. The number of hydrogen-bond donors (Lipinski definition) is 1. The SMILES string of the molecule is CCC1CCCC1Nc1ccc(F)cc1Cl. The first-order chi connectivity index (χ1) is 7.70. The zero-order valence-corrected chi connectivity index (χ0v) is 10.2. The highest BCUT2D eigenvalue weighted by molar-refractivity contribution is 6.33. The number of benzene rings is 1. The fourth-order valence-electron chi connectivity index (χ4n) is 2.52. The lowest BCUT2D eigenvalue weighted by molar-refractivity contribution is 0.489. The Bertz CT molecular complexity index is 367. The van der Waals surface area contributed by atoms with E-state index >= 15 is 0 Å². The van der Waals surface area contributed by atoms with Crippen LogP contribution >= 0.6 is 11.6 Å². The van der Waals surface area contributed by atoms with Gasteiger partial charge in [-0.05, 0) is 37.0 Å². The summed E-state index contributed by atoms with van der Waals surface area (Å²) in [6.45, 7) is 2.22. The second-order valence-electron chi connectivity index (χ2n) is 4.47. The normalized spacial score (nSPS) is 24.7. The molecule has 2 atom stereocenters. The molecule has 0 heterocycles. The molecule has 88 valence electrons. The summed E-state index contributed by atoms with van der Waals surface area (Å²) in [5.41, 5.74) is 0.855. The predicted octanol–water partition coefficient (Wildman–Crippen LogP) is 4.47. The average molecular weight is 242 g/mol. The first kappa shape index (κ1) is 11.7. The van der Waals surface area contributed by atoms with Gasteiger partial charge in [-0.25, -0.2) is 4.39 Å². The Hall–Kier alpha value is -0.760. The molecule has 16 heavy (non-hydrogen) atoms. The Labute approximate surface area is 101 Å². The summed E-state index contributed by atoms with van der Waals surface area (Å²) in [7, 11) is 0. The first-order valence-corrected chi connectivity index (χ1v) is 6.30. The minimum absolute atomic E-state index is 0.283. The highest BCUT2D eigenvalue weighted by atomic mass is 35.5. The van der Waals surface area contributed by atoms with E-state index in [1.54, 1.807) is 6.07 Å². The quantitative estimate of drug-likeness (QED) is 0.823. The maximum absolute atomic E-state index is 12.9. The summed E-state index contributed by atoms with van der Waals surface area (Å²) in [5.74, 6) is 0.440. The van der Waals surface area contributed by atoms with Crippen molar-refractivity contribution in [3.63, 3.8) is 0 Å². The van der Waals surface area contributed by atoms with Gasteiger partial charge in [0.2, 0.25) is 0 Å².